The summed E-state index contributed by atoms with van der Waals surface area (Å²) in [6.45, 7) is 8.59. The largest absolute Gasteiger partial charge is 0.436 e. The van der Waals surface area contributed by atoms with E-state index in [1.807, 2.05) is 13.8 Å². The number of rotatable bonds is 7. The number of nitrogens with zero attached hydrogens (tertiary/aromatic N) is 1. The van der Waals surface area contributed by atoms with Crippen LogP contribution in [0.5, 0.6) is 0 Å². The summed E-state index contributed by atoms with van der Waals surface area (Å²) in [4.78, 5) is 13.2. The van der Waals surface area contributed by atoms with E-state index in [1.54, 1.807) is 13.8 Å². The highest BCUT2D eigenvalue weighted by atomic mass is 31.2. The highest BCUT2D eigenvalue weighted by Gasteiger charge is 2.28. The van der Waals surface area contributed by atoms with Crippen LogP contribution in [-0.2, 0) is 13.6 Å². The van der Waals surface area contributed by atoms with Crippen LogP contribution in [-0.4, -0.2) is 37.2 Å². The smallest absolute Gasteiger partial charge is 0.325 e. The molecule has 0 spiro atoms. The molecule has 0 heterocycles. The minimum absolute atomic E-state index is 0.218. The van der Waals surface area contributed by atoms with Gasteiger partial charge in [-0.05, 0) is 27.7 Å². The molecule has 7 heteroatoms. The monoisotopic (exact) mass is 252 g/mol. The van der Waals surface area contributed by atoms with Gasteiger partial charge in [-0.25, -0.2) is 14.4 Å². The summed E-state index contributed by atoms with van der Waals surface area (Å²) in [5.41, 5.74) is 0. The first-order chi connectivity index (χ1) is 7.52. The van der Waals surface area contributed by atoms with E-state index in [0.717, 1.165) is 0 Å². The number of urea groups is 1. The zero-order valence-electron chi connectivity index (χ0n) is 10.4. The molecule has 96 valence electrons. The Labute approximate surface area is 96.9 Å². The topological polar surface area (TPSA) is 67.9 Å². The lowest BCUT2D eigenvalue weighted by Crippen LogP contribution is -2.38. The molecule has 16 heavy (non-hydrogen) atoms. The Morgan fingerprint density at radius 3 is 1.88 bits per heavy atom. The van der Waals surface area contributed by atoms with Gasteiger partial charge in [-0.2, -0.15) is 0 Å². The predicted octanol–water partition coefficient (Wildman–Crippen LogP) is 2.22. The Hall–Kier alpha value is -0.580. The standard InChI is InChI=1S/C9H21N2O4P/c1-5-11(6-2)9(12)10-16(13,14-7-3)15-8-4/h5-8H2,1-4H3,(H,10,12,13). The van der Waals surface area contributed by atoms with Crippen LogP contribution >= 0.6 is 7.75 Å². The predicted molar refractivity (Wildman–Crippen MR) is 62.3 cm³/mol. The number of hydrogen-bond acceptors (Lipinski definition) is 4. The average molecular weight is 252 g/mol. The first-order valence-electron chi connectivity index (χ1n) is 5.49. The van der Waals surface area contributed by atoms with Crippen molar-refractivity contribution in [1.29, 1.82) is 0 Å². The van der Waals surface area contributed by atoms with Gasteiger partial charge in [0.1, 0.15) is 0 Å². The van der Waals surface area contributed by atoms with E-state index in [4.69, 9.17) is 9.05 Å². The molecule has 1 N–H and O–H groups in total. The summed E-state index contributed by atoms with van der Waals surface area (Å²) in [6, 6.07) is -0.435. The van der Waals surface area contributed by atoms with Gasteiger partial charge in [-0.15, -0.1) is 0 Å². The number of carbonyl (C=O) groups is 1. The SMILES string of the molecule is CCOP(=O)(NC(=O)N(CC)CC)OCC. The molecule has 0 radical (unpaired) electrons. The molecule has 0 aliphatic rings. The molecule has 6 nitrogen and oxygen atoms in total. The van der Waals surface area contributed by atoms with E-state index >= 15 is 0 Å². The molecule has 0 saturated heterocycles. The molecule has 0 aromatic heterocycles. The van der Waals surface area contributed by atoms with Gasteiger partial charge >= 0.3 is 13.8 Å². The van der Waals surface area contributed by atoms with Crippen LogP contribution < -0.4 is 5.09 Å². The fraction of sp³-hybridized carbons (Fsp3) is 0.889. The third-order valence-electron chi connectivity index (χ3n) is 1.88. The summed E-state index contributed by atoms with van der Waals surface area (Å²) in [6.07, 6.45) is 0. The lowest BCUT2D eigenvalue weighted by Gasteiger charge is -2.23. The van der Waals surface area contributed by atoms with Crippen molar-refractivity contribution in [3.8, 4) is 0 Å². The maximum atomic E-state index is 12.0. The minimum Gasteiger partial charge on any atom is -0.325 e. The molecular weight excluding hydrogens is 231 g/mol. The third kappa shape index (κ3) is 4.96. The van der Waals surface area contributed by atoms with Crippen molar-refractivity contribution >= 4 is 13.8 Å². The fourth-order valence-corrected chi connectivity index (χ4v) is 2.40. The van der Waals surface area contributed by atoms with Crippen molar-refractivity contribution < 1.29 is 18.4 Å². The quantitative estimate of drug-likeness (QED) is 0.705. The Morgan fingerprint density at radius 2 is 1.56 bits per heavy atom. The van der Waals surface area contributed by atoms with Crippen LogP contribution in [0.15, 0.2) is 0 Å². The zero-order chi connectivity index (χ0) is 12.6. The molecule has 0 aromatic carbocycles. The summed E-state index contributed by atoms with van der Waals surface area (Å²) < 4.78 is 21.9. The molecule has 0 fully saturated rings. The van der Waals surface area contributed by atoms with Crippen LogP contribution in [0, 0.1) is 0 Å². The highest BCUT2D eigenvalue weighted by molar-refractivity contribution is 7.52. The Morgan fingerprint density at radius 1 is 1.12 bits per heavy atom. The van der Waals surface area contributed by atoms with Gasteiger partial charge in [0, 0.05) is 13.1 Å². The highest BCUT2D eigenvalue weighted by Crippen LogP contribution is 2.43. The second kappa shape index (κ2) is 7.65. The third-order valence-corrected chi connectivity index (χ3v) is 3.54. The average Bonchev–Trinajstić information content (AvgIpc) is 2.19. The summed E-state index contributed by atoms with van der Waals surface area (Å²) in [5, 5.41) is 2.30. The van der Waals surface area contributed by atoms with Gasteiger partial charge < -0.3 is 4.90 Å². The minimum atomic E-state index is -3.50. The van der Waals surface area contributed by atoms with Gasteiger partial charge in [0.25, 0.3) is 0 Å². The molecule has 0 saturated carbocycles. The molecule has 0 unspecified atom stereocenters. The van der Waals surface area contributed by atoms with Crippen LogP contribution in [0.3, 0.4) is 0 Å². The van der Waals surface area contributed by atoms with Gasteiger partial charge in [0.15, 0.2) is 0 Å². The first kappa shape index (κ1) is 15.4. The number of amides is 2. The lowest BCUT2D eigenvalue weighted by atomic mass is 10.5. The molecular formula is C9H21N2O4P. The zero-order valence-corrected chi connectivity index (χ0v) is 11.3. The molecule has 0 atom stereocenters. The summed E-state index contributed by atoms with van der Waals surface area (Å²) >= 11 is 0. The second-order valence-corrected chi connectivity index (χ2v) is 4.66. The van der Waals surface area contributed by atoms with Gasteiger partial charge in [-0.1, -0.05) is 0 Å². The Kier molecular flexibility index (Phi) is 7.38. The maximum absolute atomic E-state index is 12.0. The van der Waals surface area contributed by atoms with Crippen LogP contribution in [0.1, 0.15) is 27.7 Å². The normalized spacial score (nSPS) is 11.2. The Balaban J connectivity index is 4.50. The van der Waals surface area contributed by atoms with E-state index in [-0.39, 0.29) is 13.2 Å². The van der Waals surface area contributed by atoms with Crippen molar-refractivity contribution in [1.82, 2.24) is 9.99 Å². The van der Waals surface area contributed by atoms with Crippen LogP contribution in [0.2, 0.25) is 0 Å². The van der Waals surface area contributed by atoms with Crippen molar-refractivity contribution in [3.63, 3.8) is 0 Å². The van der Waals surface area contributed by atoms with Gasteiger partial charge in [0.2, 0.25) is 0 Å². The van der Waals surface area contributed by atoms with E-state index in [2.05, 4.69) is 5.09 Å². The van der Waals surface area contributed by atoms with Crippen molar-refractivity contribution in [3.05, 3.63) is 0 Å². The van der Waals surface area contributed by atoms with E-state index < -0.39 is 13.8 Å². The number of nitrogens with one attached hydrogen (secondary N) is 1. The second-order valence-electron chi connectivity index (χ2n) is 2.92. The maximum Gasteiger partial charge on any atom is 0.436 e. The van der Waals surface area contributed by atoms with E-state index in [9.17, 15) is 9.36 Å². The van der Waals surface area contributed by atoms with Crippen molar-refractivity contribution in [2.75, 3.05) is 26.3 Å². The molecule has 0 rings (SSSR count). The number of carbonyl (C=O) groups excluding carboxylic acids is 1. The molecule has 0 aromatic rings. The van der Waals surface area contributed by atoms with Crippen LogP contribution in [0.4, 0.5) is 4.79 Å². The first-order valence-corrected chi connectivity index (χ1v) is 7.03. The molecule has 0 bridgehead atoms. The lowest BCUT2D eigenvalue weighted by molar-refractivity contribution is 0.189. The molecule has 2 amide bonds. The van der Waals surface area contributed by atoms with Gasteiger partial charge in [0.05, 0.1) is 13.2 Å². The Bertz CT molecular complexity index is 246. The van der Waals surface area contributed by atoms with Crippen LogP contribution in [0.25, 0.3) is 0 Å². The number of hydrogen-bond donors (Lipinski definition) is 1. The van der Waals surface area contributed by atoms with Gasteiger partial charge in [-0.3, -0.25) is 9.05 Å². The molecule has 0 aliphatic carbocycles. The van der Waals surface area contributed by atoms with E-state index in [0.29, 0.717) is 13.1 Å². The van der Waals surface area contributed by atoms with E-state index in [1.165, 1.54) is 4.90 Å². The van der Waals surface area contributed by atoms with Crippen molar-refractivity contribution in [2.45, 2.75) is 27.7 Å². The van der Waals surface area contributed by atoms with Crippen molar-refractivity contribution in [2.24, 2.45) is 0 Å². The summed E-state index contributed by atoms with van der Waals surface area (Å²) in [5.74, 6) is 0. The fourth-order valence-electron chi connectivity index (χ4n) is 1.14. The molecule has 0 aliphatic heterocycles. The summed E-state index contributed by atoms with van der Waals surface area (Å²) in [7, 11) is -3.50.